The zero-order valence-electron chi connectivity index (χ0n) is 15.4. The number of ether oxygens (including phenoxy) is 1. The molecule has 10 heteroatoms. The van der Waals surface area contributed by atoms with E-state index in [4.69, 9.17) is 10.5 Å². The molecule has 4 heterocycles. The zero-order valence-corrected chi connectivity index (χ0v) is 15.4. The lowest BCUT2D eigenvalue weighted by Gasteiger charge is -2.37. The van der Waals surface area contributed by atoms with Crippen molar-refractivity contribution in [3.63, 3.8) is 0 Å². The molecule has 6 N–H and O–H groups in total. The molecule has 0 spiro atoms. The Morgan fingerprint density at radius 1 is 1.30 bits per heavy atom. The van der Waals surface area contributed by atoms with Crippen LogP contribution in [0, 0.1) is 5.92 Å². The second-order valence-electron chi connectivity index (χ2n) is 7.81. The van der Waals surface area contributed by atoms with Crippen LogP contribution < -0.4 is 27.1 Å². The molecule has 0 aromatic heterocycles. The van der Waals surface area contributed by atoms with E-state index in [9.17, 15) is 9.18 Å². The molecule has 0 aromatic carbocycles. The Labute approximate surface area is 158 Å². The number of nitrogens with two attached hydrogens (primary N) is 1. The highest BCUT2D eigenvalue weighted by atomic mass is 19.1. The number of carbonyl (C=O) groups excluding carboxylic acids is 1. The molecule has 3 fully saturated rings. The summed E-state index contributed by atoms with van der Waals surface area (Å²) in [5.41, 5.74) is 9.08. The van der Waals surface area contributed by atoms with Crippen LogP contribution in [-0.4, -0.2) is 86.6 Å². The standard InChI is InChI=1S/C17H30FN7O2/c18-10-6-22-16-14(15(19)24-25(16)9-10)17(26)23-12-8-21-5-3-13(12)27-11-2-1-4-20-7-11/h6,10-16,20-21,24H,1-5,7-9,19H2,(H,23,26). The summed E-state index contributed by atoms with van der Waals surface area (Å²) in [4.78, 5) is 17.2. The van der Waals surface area contributed by atoms with E-state index in [1.165, 1.54) is 6.21 Å². The zero-order chi connectivity index (χ0) is 18.8. The number of hydrogen-bond donors (Lipinski definition) is 5. The summed E-state index contributed by atoms with van der Waals surface area (Å²) in [7, 11) is 0. The van der Waals surface area contributed by atoms with E-state index >= 15 is 0 Å². The Hall–Kier alpha value is -1.17. The maximum Gasteiger partial charge on any atom is 0.230 e. The molecule has 1 amide bonds. The van der Waals surface area contributed by atoms with Gasteiger partial charge in [-0.05, 0) is 32.4 Å². The van der Waals surface area contributed by atoms with Crippen LogP contribution in [0.25, 0.3) is 0 Å². The van der Waals surface area contributed by atoms with Crippen LogP contribution in [0.2, 0.25) is 0 Å². The molecule has 4 aliphatic rings. The molecule has 0 aliphatic carbocycles. The molecule has 0 saturated carbocycles. The summed E-state index contributed by atoms with van der Waals surface area (Å²) in [6.07, 6.45) is 2.25. The van der Waals surface area contributed by atoms with Crippen molar-refractivity contribution in [1.82, 2.24) is 26.4 Å². The first-order valence-electron chi connectivity index (χ1n) is 9.95. The number of hydrogen-bond acceptors (Lipinski definition) is 8. The highest BCUT2D eigenvalue weighted by Gasteiger charge is 2.47. The van der Waals surface area contributed by atoms with Gasteiger partial charge in [0.15, 0.2) is 0 Å². The van der Waals surface area contributed by atoms with Gasteiger partial charge in [0.25, 0.3) is 0 Å². The molecule has 27 heavy (non-hydrogen) atoms. The molecule has 0 aromatic rings. The number of hydrazine groups is 1. The van der Waals surface area contributed by atoms with Crippen LogP contribution in [0.5, 0.6) is 0 Å². The first-order chi connectivity index (χ1) is 13.1. The number of fused-ring (bicyclic) bond motifs is 1. The predicted octanol–water partition coefficient (Wildman–Crippen LogP) is -1.93. The van der Waals surface area contributed by atoms with Gasteiger partial charge in [0, 0.05) is 19.3 Å². The Kier molecular flexibility index (Phi) is 6.00. The van der Waals surface area contributed by atoms with E-state index in [0.29, 0.717) is 6.54 Å². The number of carbonyl (C=O) groups is 1. The minimum absolute atomic E-state index is 0.0214. The van der Waals surface area contributed by atoms with Crippen LogP contribution >= 0.6 is 0 Å². The maximum absolute atomic E-state index is 13.5. The molecule has 4 rings (SSSR count). The molecule has 0 bridgehead atoms. The van der Waals surface area contributed by atoms with Crippen LogP contribution in [0.4, 0.5) is 4.39 Å². The van der Waals surface area contributed by atoms with E-state index in [0.717, 1.165) is 38.9 Å². The van der Waals surface area contributed by atoms with Crippen LogP contribution in [0.15, 0.2) is 4.99 Å². The van der Waals surface area contributed by atoms with Crippen molar-refractivity contribution in [3.8, 4) is 0 Å². The molecular formula is C17H30FN7O2. The molecule has 0 radical (unpaired) electrons. The number of alkyl halides is 1. The Morgan fingerprint density at radius 2 is 2.15 bits per heavy atom. The normalized spacial score (nSPS) is 42.7. The molecule has 3 saturated heterocycles. The van der Waals surface area contributed by atoms with Gasteiger partial charge in [-0.25, -0.2) is 14.8 Å². The summed E-state index contributed by atoms with van der Waals surface area (Å²) in [6, 6.07) is -0.115. The first-order valence-corrected chi connectivity index (χ1v) is 9.95. The molecule has 4 aliphatic heterocycles. The van der Waals surface area contributed by atoms with Crippen molar-refractivity contribution in [2.24, 2.45) is 16.6 Å². The molecule has 9 nitrogen and oxygen atoms in total. The second kappa shape index (κ2) is 8.46. The highest BCUT2D eigenvalue weighted by molar-refractivity contribution is 5.81. The highest BCUT2D eigenvalue weighted by Crippen LogP contribution is 2.25. The lowest BCUT2D eigenvalue weighted by molar-refractivity contribution is -0.129. The largest absolute Gasteiger partial charge is 0.371 e. The average molecular weight is 383 g/mol. The summed E-state index contributed by atoms with van der Waals surface area (Å²) < 4.78 is 19.8. The van der Waals surface area contributed by atoms with Crippen LogP contribution in [-0.2, 0) is 9.53 Å². The van der Waals surface area contributed by atoms with Gasteiger partial charge in [-0.15, -0.1) is 0 Å². The van der Waals surface area contributed by atoms with Gasteiger partial charge < -0.3 is 26.4 Å². The fraction of sp³-hybridized carbons (Fsp3) is 0.882. The molecular weight excluding hydrogens is 353 g/mol. The fourth-order valence-electron chi connectivity index (χ4n) is 4.38. The Morgan fingerprint density at radius 3 is 2.96 bits per heavy atom. The van der Waals surface area contributed by atoms with Gasteiger partial charge >= 0.3 is 0 Å². The van der Waals surface area contributed by atoms with Gasteiger partial charge in [0.1, 0.15) is 18.3 Å². The summed E-state index contributed by atoms with van der Waals surface area (Å²) >= 11 is 0. The number of piperidine rings is 2. The molecule has 152 valence electrons. The third kappa shape index (κ3) is 4.30. The lowest BCUT2D eigenvalue weighted by Crippen LogP contribution is -2.59. The SMILES string of the molecule is NC1NN2CC(F)C=NC2C1C(=O)NC1CNCCC1OC1CCCNC1. The summed E-state index contributed by atoms with van der Waals surface area (Å²) in [5.74, 6) is -0.728. The Balaban J connectivity index is 1.38. The lowest BCUT2D eigenvalue weighted by atomic mass is 9.99. The quantitative estimate of drug-likeness (QED) is 0.384. The third-order valence-corrected chi connectivity index (χ3v) is 5.78. The van der Waals surface area contributed by atoms with Crippen LogP contribution in [0.1, 0.15) is 19.3 Å². The number of nitrogens with one attached hydrogen (secondary N) is 4. The smallest absolute Gasteiger partial charge is 0.230 e. The first kappa shape index (κ1) is 19.2. The topological polar surface area (TPSA) is 116 Å². The van der Waals surface area contributed by atoms with Gasteiger partial charge in [-0.2, -0.15) is 0 Å². The van der Waals surface area contributed by atoms with E-state index in [1.807, 2.05) is 0 Å². The summed E-state index contributed by atoms with van der Waals surface area (Å²) in [5, 5.41) is 11.4. The van der Waals surface area contributed by atoms with E-state index in [2.05, 4.69) is 26.4 Å². The average Bonchev–Trinajstić information content (AvgIpc) is 2.99. The van der Waals surface area contributed by atoms with Crippen molar-refractivity contribution < 1.29 is 13.9 Å². The maximum atomic E-state index is 13.5. The van der Waals surface area contributed by atoms with Crippen molar-refractivity contribution in [1.29, 1.82) is 0 Å². The number of nitrogens with zero attached hydrogens (tertiary/aromatic N) is 2. The number of halogens is 1. The number of rotatable bonds is 4. The van der Waals surface area contributed by atoms with Crippen molar-refractivity contribution in [3.05, 3.63) is 0 Å². The van der Waals surface area contributed by atoms with E-state index in [1.54, 1.807) is 5.01 Å². The van der Waals surface area contributed by atoms with Gasteiger partial charge in [-0.1, -0.05) is 0 Å². The van der Waals surface area contributed by atoms with Gasteiger partial charge in [0.2, 0.25) is 5.91 Å². The number of aliphatic imine (C=N–C) groups is 1. The van der Waals surface area contributed by atoms with E-state index < -0.39 is 24.4 Å². The second-order valence-corrected chi connectivity index (χ2v) is 7.81. The van der Waals surface area contributed by atoms with Gasteiger partial charge in [0.05, 0.1) is 31.0 Å². The third-order valence-electron chi connectivity index (χ3n) is 5.78. The van der Waals surface area contributed by atoms with Crippen molar-refractivity contribution >= 4 is 12.1 Å². The van der Waals surface area contributed by atoms with E-state index in [-0.39, 0.29) is 30.7 Å². The summed E-state index contributed by atoms with van der Waals surface area (Å²) in [6.45, 7) is 3.59. The fourth-order valence-corrected chi connectivity index (χ4v) is 4.38. The van der Waals surface area contributed by atoms with Crippen LogP contribution in [0.3, 0.4) is 0 Å². The van der Waals surface area contributed by atoms with Crippen molar-refractivity contribution in [2.75, 3.05) is 32.7 Å². The number of amides is 1. The monoisotopic (exact) mass is 383 g/mol. The minimum atomic E-state index is -1.15. The van der Waals surface area contributed by atoms with Crippen molar-refractivity contribution in [2.45, 2.75) is 56.0 Å². The minimum Gasteiger partial charge on any atom is -0.371 e. The molecule has 7 atom stereocenters. The van der Waals surface area contributed by atoms with Gasteiger partial charge in [-0.3, -0.25) is 9.79 Å². The predicted molar refractivity (Wildman–Crippen MR) is 98.7 cm³/mol. The Bertz CT molecular complexity index is 559. The molecule has 7 unspecified atom stereocenters.